The molecule has 0 aliphatic carbocycles. The fourth-order valence-corrected chi connectivity index (χ4v) is 3.52. The Morgan fingerprint density at radius 2 is 1.79 bits per heavy atom. The van der Waals surface area contributed by atoms with Crippen molar-refractivity contribution < 1.29 is 19.1 Å². The van der Waals surface area contributed by atoms with Crippen molar-refractivity contribution in [3.63, 3.8) is 0 Å². The van der Waals surface area contributed by atoms with Crippen molar-refractivity contribution in [3.05, 3.63) is 64.5 Å². The highest BCUT2D eigenvalue weighted by molar-refractivity contribution is 6.07. The molecule has 0 unspecified atom stereocenters. The van der Waals surface area contributed by atoms with Gasteiger partial charge in [-0.3, -0.25) is 9.59 Å². The molecule has 0 bridgehead atoms. The number of amides is 1. The Morgan fingerprint density at radius 1 is 1.17 bits per heavy atom. The number of benzene rings is 1. The largest absolute Gasteiger partial charge is 0.464 e. The summed E-state index contributed by atoms with van der Waals surface area (Å²) in [5, 5.41) is 0. The molecule has 0 saturated carbocycles. The average molecular weight is 396 g/mol. The molecule has 0 fully saturated rings. The number of Topliss-reactive ketones (excluding diaryl/α,β-unsaturated/α-hetero) is 1. The second-order valence-electron chi connectivity index (χ2n) is 6.89. The monoisotopic (exact) mass is 396 g/mol. The van der Waals surface area contributed by atoms with Gasteiger partial charge in [0.2, 0.25) is 5.91 Å². The van der Waals surface area contributed by atoms with E-state index in [2.05, 4.69) is 0 Å². The third kappa shape index (κ3) is 4.47. The molecule has 2 rings (SSSR count). The number of aromatic nitrogens is 1. The molecular formula is C23H28N2O4. The summed E-state index contributed by atoms with van der Waals surface area (Å²) in [6, 6.07) is 8.84. The van der Waals surface area contributed by atoms with Crippen molar-refractivity contribution in [1.29, 1.82) is 0 Å². The number of esters is 1. The number of likely N-dealkylation sites (N-methyl/N-ethyl adjacent to an activating group) is 1. The molecule has 1 amide bonds. The van der Waals surface area contributed by atoms with E-state index in [1.165, 1.54) is 18.1 Å². The van der Waals surface area contributed by atoms with Crippen molar-refractivity contribution in [1.82, 2.24) is 9.47 Å². The predicted octanol–water partition coefficient (Wildman–Crippen LogP) is 3.56. The highest BCUT2D eigenvalue weighted by atomic mass is 16.5. The van der Waals surface area contributed by atoms with Gasteiger partial charge < -0.3 is 14.2 Å². The van der Waals surface area contributed by atoms with Gasteiger partial charge in [-0.15, -0.1) is 0 Å². The second kappa shape index (κ2) is 9.37. The van der Waals surface area contributed by atoms with Gasteiger partial charge in [-0.1, -0.05) is 30.3 Å². The molecule has 2 aromatic rings. The van der Waals surface area contributed by atoms with E-state index in [1.54, 1.807) is 38.5 Å². The molecule has 1 heterocycles. The lowest BCUT2D eigenvalue weighted by atomic mass is 9.99. The van der Waals surface area contributed by atoms with Crippen LogP contribution in [0.1, 0.15) is 51.5 Å². The molecule has 0 saturated heterocycles. The van der Waals surface area contributed by atoms with Crippen molar-refractivity contribution in [2.75, 3.05) is 13.7 Å². The molecule has 0 radical (unpaired) electrons. The van der Waals surface area contributed by atoms with Gasteiger partial charge in [-0.25, -0.2) is 4.79 Å². The molecule has 29 heavy (non-hydrogen) atoms. The maximum atomic E-state index is 13.3. The van der Waals surface area contributed by atoms with E-state index in [1.807, 2.05) is 37.3 Å². The summed E-state index contributed by atoms with van der Waals surface area (Å²) in [5.41, 5.74) is 2.95. The van der Waals surface area contributed by atoms with Crippen LogP contribution < -0.4 is 0 Å². The zero-order valence-electron chi connectivity index (χ0n) is 17.9. The van der Waals surface area contributed by atoms with E-state index in [9.17, 15) is 14.4 Å². The van der Waals surface area contributed by atoms with Crippen LogP contribution in [0.15, 0.2) is 36.4 Å². The lowest BCUT2D eigenvalue weighted by molar-refractivity contribution is -0.126. The van der Waals surface area contributed by atoms with Gasteiger partial charge in [0.15, 0.2) is 5.78 Å². The number of hydrogen-bond acceptors (Lipinski definition) is 4. The number of carbonyl (C=O) groups excluding carboxylic acids is 3. The first-order valence-corrected chi connectivity index (χ1v) is 9.56. The third-order valence-corrected chi connectivity index (χ3v) is 5.24. The molecule has 154 valence electrons. The van der Waals surface area contributed by atoms with Crippen LogP contribution in [0.5, 0.6) is 0 Å². The van der Waals surface area contributed by atoms with Crippen molar-refractivity contribution in [2.24, 2.45) is 7.05 Å². The summed E-state index contributed by atoms with van der Waals surface area (Å²) in [6.07, 6.45) is 3.21. The summed E-state index contributed by atoms with van der Waals surface area (Å²) in [4.78, 5) is 39.6. The molecule has 6 heteroatoms. The molecule has 1 aromatic carbocycles. The SMILES string of the molecule is CCN(C(=O)/C=C/c1ccccc1)[C@@H](C)C(=O)c1c(C)c(C(=O)OC)n(C)c1C. The van der Waals surface area contributed by atoms with E-state index in [4.69, 9.17) is 4.74 Å². The van der Waals surface area contributed by atoms with Crippen LogP contribution in [0, 0.1) is 13.8 Å². The molecule has 0 aliphatic heterocycles. The zero-order valence-corrected chi connectivity index (χ0v) is 17.9. The minimum absolute atomic E-state index is 0.200. The van der Waals surface area contributed by atoms with Crippen LogP contribution >= 0.6 is 0 Å². The van der Waals surface area contributed by atoms with Crippen LogP contribution in [0.4, 0.5) is 0 Å². The summed E-state index contributed by atoms with van der Waals surface area (Å²) < 4.78 is 6.50. The Kier molecular flexibility index (Phi) is 7.15. The van der Waals surface area contributed by atoms with Gasteiger partial charge in [0, 0.05) is 30.9 Å². The lowest BCUT2D eigenvalue weighted by Gasteiger charge is -2.26. The van der Waals surface area contributed by atoms with E-state index in [0.717, 1.165) is 5.56 Å². The van der Waals surface area contributed by atoms with Gasteiger partial charge in [0.05, 0.1) is 13.2 Å². The van der Waals surface area contributed by atoms with Crippen LogP contribution in [-0.2, 0) is 16.6 Å². The summed E-state index contributed by atoms with van der Waals surface area (Å²) in [6.45, 7) is 7.45. The fraction of sp³-hybridized carbons (Fsp3) is 0.348. The maximum Gasteiger partial charge on any atom is 0.354 e. The molecule has 0 aliphatic rings. The fourth-order valence-electron chi connectivity index (χ4n) is 3.52. The van der Waals surface area contributed by atoms with E-state index in [0.29, 0.717) is 29.1 Å². The number of carbonyl (C=O) groups is 3. The minimum atomic E-state index is -0.668. The van der Waals surface area contributed by atoms with Gasteiger partial charge >= 0.3 is 5.97 Å². The summed E-state index contributed by atoms with van der Waals surface area (Å²) in [5.74, 6) is -0.931. The first kappa shape index (κ1) is 22.1. The molecule has 0 N–H and O–H groups in total. The number of hydrogen-bond donors (Lipinski definition) is 0. The Balaban J connectivity index is 2.31. The minimum Gasteiger partial charge on any atom is -0.464 e. The topological polar surface area (TPSA) is 68.6 Å². The quantitative estimate of drug-likeness (QED) is 0.408. The van der Waals surface area contributed by atoms with Crippen LogP contribution in [0.3, 0.4) is 0 Å². The normalized spacial score (nSPS) is 12.1. The molecule has 0 spiro atoms. The smallest absolute Gasteiger partial charge is 0.354 e. The van der Waals surface area contributed by atoms with Crippen LogP contribution in [0.25, 0.3) is 6.08 Å². The Hall–Kier alpha value is -3.15. The number of rotatable bonds is 7. The van der Waals surface area contributed by atoms with E-state index in [-0.39, 0.29) is 11.7 Å². The van der Waals surface area contributed by atoms with Gasteiger partial charge in [0.25, 0.3) is 0 Å². The number of ether oxygens (including phenoxy) is 1. The average Bonchev–Trinajstić information content (AvgIpc) is 2.95. The highest BCUT2D eigenvalue weighted by Gasteiger charge is 2.31. The predicted molar refractivity (Wildman–Crippen MR) is 113 cm³/mol. The zero-order chi connectivity index (χ0) is 21.7. The first-order valence-electron chi connectivity index (χ1n) is 9.56. The number of ketones is 1. The lowest BCUT2D eigenvalue weighted by Crippen LogP contribution is -2.42. The molecule has 6 nitrogen and oxygen atoms in total. The van der Waals surface area contributed by atoms with Crippen molar-refractivity contribution >= 4 is 23.7 Å². The Labute approximate surface area is 171 Å². The standard InChI is InChI=1S/C23H28N2O4/c1-7-25(19(26)14-13-18-11-9-8-10-12-18)17(4)22(27)20-15(2)21(23(28)29-6)24(5)16(20)3/h8-14,17H,7H2,1-6H3/b14-13+/t17-/m0/s1. The van der Waals surface area contributed by atoms with Gasteiger partial charge in [-0.05, 0) is 44.9 Å². The van der Waals surface area contributed by atoms with Gasteiger partial charge in [0.1, 0.15) is 5.69 Å². The van der Waals surface area contributed by atoms with Gasteiger partial charge in [-0.2, -0.15) is 0 Å². The Morgan fingerprint density at radius 3 is 2.34 bits per heavy atom. The summed E-state index contributed by atoms with van der Waals surface area (Å²) >= 11 is 0. The van der Waals surface area contributed by atoms with Crippen LogP contribution in [-0.4, -0.2) is 46.8 Å². The molecule has 1 aromatic heterocycles. The van der Waals surface area contributed by atoms with Crippen molar-refractivity contribution in [3.8, 4) is 0 Å². The van der Waals surface area contributed by atoms with Crippen molar-refractivity contribution in [2.45, 2.75) is 33.7 Å². The van der Waals surface area contributed by atoms with E-state index < -0.39 is 12.0 Å². The Bertz CT molecular complexity index is 942. The van der Waals surface area contributed by atoms with Crippen LogP contribution in [0.2, 0.25) is 0 Å². The number of methoxy groups -OCH3 is 1. The maximum absolute atomic E-state index is 13.3. The molecule has 1 atom stereocenters. The molecular weight excluding hydrogens is 368 g/mol. The summed E-state index contributed by atoms with van der Waals surface area (Å²) in [7, 11) is 3.03. The number of nitrogens with zero attached hydrogens (tertiary/aromatic N) is 2. The third-order valence-electron chi connectivity index (χ3n) is 5.24. The first-order chi connectivity index (χ1) is 13.7. The highest BCUT2D eigenvalue weighted by Crippen LogP contribution is 2.24. The second-order valence-corrected chi connectivity index (χ2v) is 6.89. The van der Waals surface area contributed by atoms with E-state index >= 15 is 0 Å².